The molecular weight excluding hydrogens is 416 g/mol. The average molecular weight is 441 g/mol. The van der Waals surface area contributed by atoms with Crippen LogP contribution < -0.4 is 14.9 Å². The Morgan fingerprint density at radius 2 is 1.71 bits per heavy atom. The zero-order valence-corrected chi connectivity index (χ0v) is 17.8. The maximum Gasteiger partial charge on any atom is 0.249 e. The molecule has 0 atom stereocenters. The van der Waals surface area contributed by atoms with E-state index >= 15 is 0 Å². The highest BCUT2D eigenvalue weighted by Crippen LogP contribution is 2.30. The summed E-state index contributed by atoms with van der Waals surface area (Å²) in [6, 6.07) is 14.0. The van der Waals surface area contributed by atoms with E-state index in [0.29, 0.717) is 37.5 Å². The van der Waals surface area contributed by atoms with Gasteiger partial charge in [-0.15, -0.1) is 5.10 Å². The molecule has 162 valence electrons. The van der Waals surface area contributed by atoms with E-state index in [1.54, 1.807) is 34.8 Å². The minimum atomic E-state index is -3.52. The molecule has 3 heterocycles. The van der Waals surface area contributed by atoms with Crippen LogP contribution in [0.5, 0.6) is 0 Å². The monoisotopic (exact) mass is 440 g/mol. The van der Waals surface area contributed by atoms with Gasteiger partial charge in [0.2, 0.25) is 21.9 Å². The fourth-order valence-electron chi connectivity index (χ4n) is 3.86. The van der Waals surface area contributed by atoms with Crippen molar-refractivity contribution >= 4 is 33.3 Å². The van der Waals surface area contributed by atoms with Crippen LogP contribution in [0, 0.1) is 5.92 Å². The Balaban J connectivity index is 1.27. The molecule has 2 aliphatic rings. The number of benzene rings is 1. The molecule has 1 amide bonds. The molecule has 1 saturated heterocycles. The van der Waals surface area contributed by atoms with Gasteiger partial charge >= 0.3 is 0 Å². The van der Waals surface area contributed by atoms with E-state index in [-0.39, 0.29) is 22.8 Å². The molecule has 3 aromatic rings. The molecule has 1 aromatic carbocycles. The van der Waals surface area contributed by atoms with Crippen molar-refractivity contribution in [1.29, 1.82) is 0 Å². The Labute approximate surface area is 180 Å². The van der Waals surface area contributed by atoms with Crippen LogP contribution in [0.2, 0.25) is 0 Å². The van der Waals surface area contributed by atoms with Crippen LogP contribution >= 0.6 is 0 Å². The van der Waals surface area contributed by atoms with Gasteiger partial charge in [-0.1, -0.05) is 24.3 Å². The summed E-state index contributed by atoms with van der Waals surface area (Å²) in [5, 5.41) is 7.27. The lowest BCUT2D eigenvalue weighted by Crippen LogP contribution is -2.45. The van der Waals surface area contributed by atoms with E-state index in [0.717, 1.165) is 18.7 Å². The van der Waals surface area contributed by atoms with Crippen molar-refractivity contribution in [2.45, 2.75) is 36.6 Å². The zero-order valence-electron chi connectivity index (χ0n) is 16.9. The van der Waals surface area contributed by atoms with Crippen molar-refractivity contribution in [2.24, 2.45) is 5.92 Å². The number of nitrogens with one attached hydrogen (secondary N) is 2. The second-order valence-electron chi connectivity index (χ2n) is 8.05. The number of piperidine rings is 1. The van der Waals surface area contributed by atoms with Crippen LogP contribution in [-0.2, 0) is 14.8 Å². The fraction of sp³-hybridized carbons (Fsp3) is 0.381. The average Bonchev–Trinajstić information content (AvgIpc) is 3.55. The Morgan fingerprint density at radius 3 is 2.42 bits per heavy atom. The van der Waals surface area contributed by atoms with Gasteiger partial charge in [0, 0.05) is 25.0 Å². The molecule has 10 heteroatoms. The molecule has 0 bridgehead atoms. The molecule has 1 aliphatic heterocycles. The lowest BCUT2D eigenvalue weighted by atomic mass is 10.1. The number of fused-ring (bicyclic) bond motifs is 1. The van der Waals surface area contributed by atoms with Gasteiger partial charge in [-0.2, -0.15) is 9.50 Å². The number of sulfonamides is 1. The van der Waals surface area contributed by atoms with Gasteiger partial charge in [-0.05, 0) is 49.9 Å². The molecule has 0 radical (unpaired) electrons. The lowest BCUT2D eigenvalue weighted by Gasteiger charge is -2.33. The maximum atomic E-state index is 12.6. The first-order valence-electron chi connectivity index (χ1n) is 10.5. The van der Waals surface area contributed by atoms with Gasteiger partial charge < -0.3 is 4.90 Å². The molecule has 0 spiro atoms. The smallest absolute Gasteiger partial charge is 0.249 e. The van der Waals surface area contributed by atoms with Crippen LogP contribution in [0.25, 0.3) is 5.65 Å². The molecule has 1 aliphatic carbocycles. The summed E-state index contributed by atoms with van der Waals surface area (Å²) in [4.78, 5) is 18.9. The van der Waals surface area contributed by atoms with Crippen LogP contribution in [0.3, 0.4) is 0 Å². The highest BCUT2D eigenvalue weighted by atomic mass is 32.2. The summed E-state index contributed by atoms with van der Waals surface area (Å²) in [6.07, 6.45) is 3.21. The first-order chi connectivity index (χ1) is 15.0. The molecule has 1 saturated carbocycles. The van der Waals surface area contributed by atoms with Gasteiger partial charge in [-0.3, -0.25) is 10.1 Å². The summed E-state index contributed by atoms with van der Waals surface area (Å²) >= 11 is 0. The highest BCUT2D eigenvalue weighted by Gasteiger charge is 2.30. The minimum Gasteiger partial charge on any atom is -0.356 e. The van der Waals surface area contributed by atoms with E-state index in [1.807, 2.05) is 18.2 Å². The van der Waals surface area contributed by atoms with Gasteiger partial charge in [0.15, 0.2) is 5.65 Å². The first kappa shape index (κ1) is 20.0. The fourth-order valence-corrected chi connectivity index (χ4v) is 5.18. The summed E-state index contributed by atoms with van der Waals surface area (Å²) in [5.74, 6) is 1.25. The van der Waals surface area contributed by atoms with Gasteiger partial charge in [-0.25, -0.2) is 13.1 Å². The molecule has 2 aromatic heterocycles. The summed E-state index contributed by atoms with van der Waals surface area (Å²) in [6.45, 7) is 1.37. The van der Waals surface area contributed by atoms with Crippen molar-refractivity contribution in [3.8, 4) is 0 Å². The van der Waals surface area contributed by atoms with Crippen molar-refractivity contribution < 1.29 is 13.2 Å². The predicted molar refractivity (Wildman–Crippen MR) is 116 cm³/mol. The molecule has 0 unspecified atom stereocenters. The minimum absolute atomic E-state index is 0.0241. The summed E-state index contributed by atoms with van der Waals surface area (Å²) < 4.78 is 29.7. The van der Waals surface area contributed by atoms with E-state index in [1.165, 1.54) is 0 Å². The second kappa shape index (κ2) is 7.93. The Hall–Kier alpha value is -2.98. The molecular formula is C21H24N6O3S. The molecule has 2 N–H and O–H groups in total. The standard InChI is InChI=1S/C21H24N6O3S/c28-20(15-9-10-15)23-21-22-18-7-4-8-19(27(18)24-21)26-13-11-16(12-14-26)25-31(29,30)17-5-2-1-3-6-17/h1-8,15-16,25H,9-14H2,(H,23,24,28). The SMILES string of the molecule is O=C(Nc1nc2cccc(N3CCC(NS(=O)(=O)c4ccccc4)CC3)n2n1)C1CC1. The van der Waals surface area contributed by atoms with Crippen LogP contribution in [0.1, 0.15) is 25.7 Å². The number of carbonyl (C=O) groups is 1. The number of hydrogen-bond acceptors (Lipinski definition) is 6. The number of anilines is 2. The van der Waals surface area contributed by atoms with Crippen molar-refractivity contribution in [1.82, 2.24) is 19.3 Å². The van der Waals surface area contributed by atoms with Crippen LogP contribution in [0.15, 0.2) is 53.4 Å². The highest BCUT2D eigenvalue weighted by molar-refractivity contribution is 7.89. The molecule has 2 fully saturated rings. The third kappa shape index (κ3) is 4.26. The van der Waals surface area contributed by atoms with Gasteiger partial charge in [0.25, 0.3) is 0 Å². The van der Waals surface area contributed by atoms with Crippen molar-refractivity contribution in [3.63, 3.8) is 0 Å². The summed E-state index contributed by atoms with van der Waals surface area (Å²) in [5.41, 5.74) is 0.663. The number of rotatable bonds is 6. The van der Waals surface area contributed by atoms with Crippen LogP contribution in [0.4, 0.5) is 11.8 Å². The van der Waals surface area contributed by atoms with E-state index < -0.39 is 10.0 Å². The number of pyridine rings is 1. The van der Waals surface area contributed by atoms with E-state index in [2.05, 4.69) is 25.0 Å². The quantitative estimate of drug-likeness (QED) is 0.607. The Morgan fingerprint density at radius 1 is 0.968 bits per heavy atom. The summed E-state index contributed by atoms with van der Waals surface area (Å²) in [7, 11) is -3.52. The number of nitrogens with zero attached hydrogens (tertiary/aromatic N) is 4. The Bertz CT molecular complexity index is 1200. The van der Waals surface area contributed by atoms with E-state index in [9.17, 15) is 13.2 Å². The predicted octanol–water partition coefficient (Wildman–Crippen LogP) is 2.03. The first-order valence-corrected chi connectivity index (χ1v) is 12.0. The largest absolute Gasteiger partial charge is 0.356 e. The molecule has 31 heavy (non-hydrogen) atoms. The van der Waals surface area contributed by atoms with Gasteiger partial charge in [0.1, 0.15) is 5.82 Å². The normalized spacial score (nSPS) is 17.7. The topological polar surface area (TPSA) is 109 Å². The van der Waals surface area contributed by atoms with Crippen LogP contribution in [-0.4, -0.2) is 48.1 Å². The molecule has 9 nitrogen and oxygen atoms in total. The number of carbonyl (C=O) groups excluding carboxylic acids is 1. The number of aromatic nitrogens is 3. The molecule has 5 rings (SSSR count). The number of amides is 1. The maximum absolute atomic E-state index is 12.6. The number of hydrogen-bond donors (Lipinski definition) is 2. The third-order valence-corrected chi connectivity index (χ3v) is 7.25. The van der Waals surface area contributed by atoms with Gasteiger partial charge in [0.05, 0.1) is 4.90 Å². The second-order valence-corrected chi connectivity index (χ2v) is 9.76. The Kier molecular flexibility index (Phi) is 5.11. The van der Waals surface area contributed by atoms with E-state index in [4.69, 9.17) is 0 Å². The van der Waals surface area contributed by atoms with Crippen molar-refractivity contribution in [2.75, 3.05) is 23.3 Å². The lowest BCUT2D eigenvalue weighted by molar-refractivity contribution is -0.117. The van der Waals surface area contributed by atoms with Crippen molar-refractivity contribution in [3.05, 3.63) is 48.5 Å². The third-order valence-electron chi connectivity index (χ3n) is 5.72. The zero-order chi connectivity index (χ0) is 21.4.